The van der Waals surface area contributed by atoms with Crippen LogP contribution in [0.4, 0.5) is 5.69 Å². The van der Waals surface area contributed by atoms with E-state index in [0.717, 1.165) is 16.8 Å². The molecule has 0 radical (unpaired) electrons. The number of anilines is 1. The molecule has 0 atom stereocenters. The highest BCUT2D eigenvalue weighted by Gasteiger charge is 2.23. The van der Waals surface area contributed by atoms with Gasteiger partial charge in [-0.05, 0) is 43.2 Å². The van der Waals surface area contributed by atoms with Crippen molar-refractivity contribution < 1.29 is 14.3 Å². The van der Waals surface area contributed by atoms with Crippen LogP contribution in [0.2, 0.25) is 10.0 Å². The Kier molecular flexibility index (Phi) is 7.58. The lowest BCUT2D eigenvalue weighted by atomic mass is 10.1. The van der Waals surface area contributed by atoms with E-state index in [-0.39, 0.29) is 18.4 Å². The van der Waals surface area contributed by atoms with Crippen LogP contribution in [0.5, 0.6) is 5.75 Å². The lowest BCUT2D eigenvalue weighted by Gasteiger charge is -2.34. The molecule has 2 amide bonds. The van der Waals surface area contributed by atoms with Crippen LogP contribution in [0.25, 0.3) is 0 Å². The SMILES string of the molecule is Cc1cccc(C)c1NC(=O)CN1CCN(C(=O)COc2cc(Cl)cc(Cl)c2)CC1. The Morgan fingerprint density at radius 2 is 1.60 bits per heavy atom. The highest BCUT2D eigenvalue weighted by Crippen LogP contribution is 2.24. The van der Waals surface area contributed by atoms with Gasteiger partial charge in [-0.15, -0.1) is 0 Å². The summed E-state index contributed by atoms with van der Waals surface area (Å²) in [5.74, 6) is 0.307. The molecule has 2 aromatic carbocycles. The second-order valence-electron chi connectivity index (χ2n) is 7.37. The summed E-state index contributed by atoms with van der Waals surface area (Å²) in [4.78, 5) is 28.7. The van der Waals surface area contributed by atoms with E-state index < -0.39 is 0 Å². The predicted octanol–water partition coefficient (Wildman–Crippen LogP) is 3.77. The summed E-state index contributed by atoms with van der Waals surface area (Å²) < 4.78 is 5.53. The molecular formula is C22H25Cl2N3O3. The Balaban J connectivity index is 1.44. The van der Waals surface area contributed by atoms with Crippen LogP contribution in [0, 0.1) is 13.8 Å². The number of aryl methyl sites for hydroxylation is 2. The van der Waals surface area contributed by atoms with Crippen molar-refractivity contribution in [3.05, 3.63) is 57.6 Å². The quantitative estimate of drug-likeness (QED) is 0.728. The summed E-state index contributed by atoms with van der Waals surface area (Å²) in [7, 11) is 0. The number of nitrogens with one attached hydrogen (secondary N) is 1. The Morgan fingerprint density at radius 1 is 1.00 bits per heavy atom. The summed E-state index contributed by atoms with van der Waals surface area (Å²) in [6, 6.07) is 10.8. The van der Waals surface area contributed by atoms with Gasteiger partial charge in [0.2, 0.25) is 5.91 Å². The third-order valence-corrected chi connectivity index (χ3v) is 5.47. The van der Waals surface area contributed by atoms with E-state index in [4.69, 9.17) is 27.9 Å². The maximum atomic E-state index is 12.4. The van der Waals surface area contributed by atoms with Gasteiger partial charge in [-0.1, -0.05) is 41.4 Å². The molecular weight excluding hydrogens is 425 g/mol. The molecule has 0 bridgehead atoms. The first-order valence-electron chi connectivity index (χ1n) is 9.77. The molecule has 3 rings (SSSR count). The van der Waals surface area contributed by atoms with Crippen LogP contribution in [-0.2, 0) is 9.59 Å². The minimum Gasteiger partial charge on any atom is -0.484 e. The zero-order chi connectivity index (χ0) is 21.7. The van der Waals surface area contributed by atoms with Gasteiger partial charge in [0, 0.05) is 41.9 Å². The monoisotopic (exact) mass is 449 g/mol. The highest BCUT2D eigenvalue weighted by molar-refractivity contribution is 6.34. The van der Waals surface area contributed by atoms with Gasteiger partial charge in [0.25, 0.3) is 5.91 Å². The van der Waals surface area contributed by atoms with E-state index >= 15 is 0 Å². The first-order chi connectivity index (χ1) is 14.3. The van der Waals surface area contributed by atoms with Crippen molar-refractivity contribution in [1.82, 2.24) is 9.80 Å². The zero-order valence-corrected chi connectivity index (χ0v) is 18.6. The first kappa shape index (κ1) is 22.4. The standard InChI is InChI=1S/C22H25Cl2N3O3/c1-15-4-3-5-16(2)22(15)25-20(28)13-26-6-8-27(9-7-26)21(29)14-30-19-11-17(23)10-18(24)12-19/h3-5,10-12H,6-9,13-14H2,1-2H3,(H,25,28). The molecule has 1 saturated heterocycles. The van der Waals surface area contributed by atoms with Gasteiger partial charge in [-0.25, -0.2) is 0 Å². The molecule has 1 aliphatic heterocycles. The number of amides is 2. The van der Waals surface area contributed by atoms with Crippen molar-refractivity contribution in [3.8, 4) is 5.75 Å². The molecule has 1 fully saturated rings. The van der Waals surface area contributed by atoms with Gasteiger partial charge in [0.05, 0.1) is 6.54 Å². The van der Waals surface area contributed by atoms with E-state index in [1.807, 2.05) is 36.9 Å². The fraction of sp³-hybridized carbons (Fsp3) is 0.364. The summed E-state index contributed by atoms with van der Waals surface area (Å²) in [5, 5.41) is 3.92. The minimum atomic E-state index is -0.106. The molecule has 160 valence electrons. The van der Waals surface area contributed by atoms with Gasteiger partial charge in [-0.3, -0.25) is 14.5 Å². The van der Waals surface area contributed by atoms with E-state index in [1.165, 1.54) is 0 Å². The maximum absolute atomic E-state index is 12.4. The number of halogens is 2. The van der Waals surface area contributed by atoms with E-state index in [1.54, 1.807) is 23.1 Å². The number of hydrogen-bond donors (Lipinski definition) is 1. The number of hydrogen-bond acceptors (Lipinski definition) is 4. The molecule has 0 aromatic heterocycles. The molecule has 1 aliphatic rings. The number of carbonyl (C=O) groups is 2. The lowest BCUT2D eigenvalue weighted by molar-refractivity contribution is -0.135. The van der Waals surface area contributed by atoms with Crippen LogP contribution in [-0.4, -0.2) is 60.9 Å². The highest BCUT2D eigenvalue weighted by atomic mass is 35.5. The van der Waals surface area contributed by atoms with Gasteiger partial charge in [0.15, 0.2) is 6.61 Å². The third-order valence-electron chi connectivity index (χ3n) is 5.04. The molecule has 0 saturated carbocycles. The fourth-order valence-corrected chi connectivity index (χ4v) is 3.90. The summed E-state index contributed by atoms with van der Waals surface area (Å²) >= 11 is 11.9. The van der Waals surface area contributed by atoms with Crippen molar-refractivity contribution in [2.75, 3.05) is 44.6 Å². The van der Waals surface area contributed by atoms with Crippen molar-refractivity contribution in [1.29, 1.82) is 0 Å². The number of carbonyl (C=O) groups excluding carboxylic acids is 2. The Morgan fingerprint density at radius 3 is 2.20 bits per heavy atom. The van der Waals surface area contributed by atoms with Crippen molar-refractivity contribution in [2.24, 2.45) is 0 Å². The zero-order valence-electron chi connectivity index (χ0n) is 17.1. The Hall–Kier alpha value is -2.28. The number of benzene rings is 2. The number of ether oxygens (including phenoxy) is 1. The number of para-hydroxylation sites is 1. The van der Waals surface area contributed by atoms with Gasteiger partial charge in [-0.2, -0.15) is 0 Å². The van der Waals surface area contributed by atoms with Crippen molar-refractivity contribution in [3.63, 3.8) is 0 Å². The molecule has 8 heteroatoms. The number of piperazine rings is 1. The molecule has 0 unspecified atom stereocenters. The molecule has 30 heavy (non-hydrogen) atoms. The van der Waals surface area contributed by atoms with Gasteiger partial charge >= 0.3 is 0 Å². The second-order valence-corrected chi connectivity index (χ2v) is 8.24. The Labute approximate surface area is 186 Å². The van der Waals surface area contributed by atoms with Gasteiger partial charge < -0.3 is 15.0 Å². The number of rotatable bonds is 6. The topological polar surface area (TPSA) is 61.9 Å². The van der Waals surface area contributed by atoms with E-state index in [9.17, 15) is 9.59 Å². The summed E-state index contributed by atoms with van der Waals surface area (Å²) in [6.45, 7) is 6.55. The maximum Gasteiger partial charge on any atom is 0.260 e. The molecule has 0 aliphatic carbocycles. The van der Waals surface area contributed by atoms with Crippen LogP contribution in [0.15, 0.2) is 36.4 Å². The normalized spacial score (nSPS) is 14.5. The average molecular weight is 450 g/mol. The van der Waals surface area contributed by atoms with Crippen molar-refractivity contribution in [2.45, 2.75) is 13.8 Å². The van der Waals surface area contributed by atoms with Crippen molar-refractivity contribution >= 4 is 40.7 Å². The minimum absolute atomic E-state index is 0.0478. The lowest BCUT2D eigenvalue weighted by Crippen LogP contribution is -2.51. The fourth-order valence-electron chi connectivity index (χ4n) is 3.40. The van der Waals surface area contributed by atoms with E-state index in [0.29, 0.717) is 48.5 Å². The van der Waals surface area contributed by atoms with Crippen LogP contribution in [0.3, 0.4) is 0 Å². The Bertz CT molecular complexity index is 887. The van der Waals surface area contributed by atoms with Crippen LogP contribution < -0.4 is 10.1 Å². The molecule has 6 nitrogen and oxygen atoms in total. The predicted molar refractivity (Wildman–Crippen MR) is 120 cm³/mol. The molecule has 1 heterocycles. The van der Waals surface area contributed by atoms with E-state index in [2.05, 4.69) is 5.32 Å². The molecule has 1 N–H and O–H groups in total. The summed E-state index contributed by atoms with van der Waals surface area (Å²) in [5.41, 5.74) is 2.95. The summed E-state index contributed by atoms with van der Waals surface area (Å²) in [6.07, 6.45) is 0. The smallest absolute Gasteiger partial charge is 0.260 e. The molecule has 0 spiro atoms. The average Bonchev–Trinajstić information content (AvgIpc) is 2.69. The molecule has 2 aromatic rings. The second kappa shape index (κ2) is 10.2. The van der Waals surface area contributed by atoms with Gasteiger partial charge in [0.1, 0.15) is 5.75 Å². The van der Waals surface area contributed by atoms with Crippen LogP contribution >= 0.6 is 23.2 Å². The number of nitrogens with zero attached hydrogens (tertiary/aromatic N) is 2. The van der Waals surface area contributed by atoms with Crippen LogP contribution in [0.1, 0.15) is 11.1 Å². The third kappa shape index (κ3) is 6.11. The first-order valence-corrected chi connectivity index (χ1v) is 10.5. The largest absolute Gasteiger partial charge is 0.484 e.